The van der Waals surface area contributed by atoms with Gasteiger partial charge in [-0.1, -0.05) is 88.9 Å². The first kappa shape index (κ1) is 30.9. The summed E-state index contributed by atoms with van der Waals surface area (Å²) in [6.07, 6.45) is 13.5. The van der Waals surface area contributed by atoms with Crippen LogP contribution in [-0.4, -0.2) is 42.0 Å². The second-order valence-corrected chi connectivity index (χ2v) is 9.19. The predicted octanol–water partition coefficient (Wildman–Crippen LogP) is 7.85. The maximum Gasteiger partial charge on any atom is 0.221 e. The monoisotopic (exact) mass is 490 g/mol. The third kappa shape index (κ3) is 9.87. The van der Waals surface area contributed by atoms with Crippen LogP contribution in [0.4, 0.5) is 0 Å². The van der Waals surface area contributed by atoms with E-state index in [0.717, 1.165) is 59.2 Å². The van der Waals surface area contributed by atoms with Crippen molar-refractivity contribution in [3.05, 3.63) is 103 Å². The van der Waals surface area contributed by atoms with Crippen LogP contribution in [0.1, 0.15) is 70.9 Å². The number of allylic oxidation sites excluding steroid dienone is 7. The summed E-state index contributed by atoms with van der Waals surface area (Å²) in [6.45, 7) is 20.2. The Morgan fingerprint density at radius 1 is 1.14 bits per heavy atom. The van der Waals surface area contributed by atoms with E-state index < -0.39 is 6.10 Å². The number of hydrogen-bond donors (Lipinski definition) is 1. The van der Waals surface area contributed by atoms with Crippen LogP contribution in [0.2, 0.25) is 0 Å². The lowest BCUT2D eigenvalue weighted by Crippen LogP contribution is -2.32. The summed E-state index contributed by atoms with van der Waals surface area (Å²) in [5.41, 5.74) is 5.35. The summed E-state index contributed by atoms with van der Waals surface area (Å²) in [5.74, 6) is 0.440. The quantitative estimate of drug-likeness (QED) is 0.206. The minimum atomic E-state index is -0.500. The van der Waals surface area contributed by atoms with Gasteiger partial charge < -0.3 is 14.7 Å². The van der Waals surface area contributed by atoms with Gasteiger partial charge in [0.05, 0.1) is 6.10 Å². The second-order valence-electron chi connectivity index (χ2n) is 9.19. The molecule has 0 heterocycles. The van der Waals surface area contributed by atoms with E-state index in [1.165, 1.54) is 6.42 Å². The molecule has 0 spiro atoms. The highest BCUT2D eigenvalue weighted by molar-refractivity contribution is 6.00. The number of hydrogen-bond acceptors (Lipinski definition) is 4. The van der Waals surface area contributed by atoms with Crippen LogP contribution in [0.5, 0.6) is 0 Å². The van der Waals surface area contributed by atoms with E-state index in [4.69, 9.17) is 9.73 Å². The number of aliphatic imine (C=N–C) groups is 1. The molecule has 1 aliphatic carbocycles. The zero-order valence-electron chi connectivity index (χ0n) is 23.3. The van der Waals surface area contributed by atoms with Gasteiger partial charge in [-0.05, 0) is 61.4 Å². The van der Waals surface area contributed by atoms with Crippen molar-refractivity contribution in [3.63, 3.8) is 0 Å². The Balaban J connectivity index is 0.00000205. The van der Waals surface area contributed by atoms with Crippen molar-refractivity contribution in [2.24, 2.45) is 4.99 Å². The standard InChI is InChI=1S/C29H38N2O2.C3H8/c1-8-14-21(4)26(10-3)29(33-28-18-12-11-17-27(28)32)30-22(5)24-15-13-16-25(19-24)23(9-2)20-31(6)7;1-3-2/h8-10,13-16,19-20,27-28,32H,2-4,11-12,17-18H2,1,5-7H3;3H2,1-2H3/b14-8-,23-20+,29-26-,30-22+;. The molecule has 1 aromatic carbocycles. The molecule has 36 heavy (non-hydrogen) atoms. The predicted molar refractivity (Wildman–Crippen MR) is 157 cm³/mol. The maximum absolute atomic E-state index is 10.5. The summed E-state index contributed by atoms with van der Waals surface area (Å²) < 4.78 is 6.31. The molecule has 0 aliphatic heterocycles. The van der Waals surface area contributed by atoms with Crippen LogP contribution in [0.15, 0.2) is 96.5 Å². The Morgan fingerprint density at radius 2 is 1.78 bits per heavy atom. The zero-order valence-corrected chi connectivity index (χ0v) is 23.3. The van der Waals surface area contributed by atoms with Gasteiger partial charge in [0.15, 0.2) is 0 Å². The Bertz CT molecular complexity index is 995. The molecule has 1 N–H and O–H groups in total. The van der Waals surface area contributed by atoms with Gasteiger partial charge in [-0.15, -0.1) is 0 Å². The fraction of sp³-hybridized carbons (Fsp3) is 0.406. The highest BCUT2D eigenvalue weighted by Crippen LogP contribution is 2.28. The van der Waals surface area contributed by atoms with E-state index in [-0.39, 0.29) is 6.10 Å². The Hall–Kier alpha value is -3.11. The van der Waals surface area contributed by atoms with E-state index >= 15 is 0 Å². The second kappa shape index (κ2) is 16.5. The molecule has 0 radical (unpaired) electrons. The normalized spacial score (nSPS) is 19.1. The first-order chi connectivity index (χ1) is 17.2. The van der Waals surface area contributed by atoms with Crippen molar-refractivity contribution in [1.29, 1.82) is 0 Å². The molecule has 0 aromatic heterocycles. The lowest BCUT2D eigenvalue weighted by Gasteiger charge is -2.29. The Labute approximate surface area is 219 Å². The molecule has 1 fully saturated rings. The van der Waals surface area contributed by atoms with Crippen molar-refractivity contribution in [2.45, 2.75) is 72.0 Å². The van der Waals surface area contributed by atoms with Crippen LogP contribution < -0.4 is 0 Å². The first-order valence-corrected chi connectivity index (χ1v) is 12.9. The molecule has 1 saturated carbocycles. The smallest absolute Gasteiger partial charge is 0.221 e. The number of nitrogens with zero attached hydrogens (tertiary/aromatic N) is 2. The molecule has 1 aromatic rings. The largest absolute Gasteiger partial charge is 0.471 e. The minimum absolute atomic E-state index is 0.291. The van der Waals surface area contributed by atoms with Crippen LogP contribution >= 0.6 is 0 Å². The molecule has 0 saturated heterocycles. The van der Waals surface area contributed by atoms with Gasteiger partial charge in [-0.2, -0.15) is 0 Å². The van der Waals surface area contributed by atoms with E-state index in [1.807, 2.05) is 69.4 Å². The van der Waals surface area contributed by atoms with Crippen LogP contribution in [-0.2, 0) is 4.74 Å². The van der Waals surface area contributed by atoms with Crippen molar-refractivity contribution >= 4 is 11.3 Å². The molecule has 0 bridgehead atoms. The Morgan fingerprint density at radius 3 is 2.33 bits per heavy atom. The van der Waals surface area contributed by atoms with E-state index in [1.54, 1.807) is 6.08 Å². The summed E-state index contributed by atoms with van der Waals surface area (Å²) >= 11 is 0. The summed E-state index contributed by atoms with van der Waals surface area (Å²) in [7, 11) is 3.98. The minimum Gasteiger partial charge on any atom is -0.471 e. The zero-order chi connectivity index (χ0) is 27.1. The van der Waals surface area contributed by atoms with Crippen molar-refractivity contribution in [2.75, 3.05) is 14.1 Å². The fourth-order valence-corrected chi connectivity index (χ4v) is 3.82. The van der Waals surface area contributed by atoms with Crippen LogP contribution in [0, 0.1) is 0 Å². The van der Waals surface area contributed by atoms with Gasteiger partial charge in [-0.25, -0.2) is 4.99 Å². The molecular formula is C32H46N2O2. The van der Waals surface area contributed by atoms with Gasteiger partial charge in [0.2, 0.25) is 5.88 Å². The fourth-order valence-electron chi connectivity index (χ4n) is 3.82. The number of rotatable bonds is 10. The molecule has 2 atom stereocenters. The number of ether oxygens (including phenoxy) is 1. The lowest BCUT2D eigenvalue weighted by molar-refractivity contribution is -0.0300. The molecule has 4 nitrogen and oxygen atoms in total. The summed E-state index contributed by atoms with van der Waals surface area (Å²) in [5, 5.41) is 10.5. The average Bonchev–Trinajstić information content (AvgIpc) is 2.85. The number of aliphatic hydroxyl groups excluding tert-OH is 1. The SMILES string of the molecule is C=C/C(C(=C)/C=C\C)=C(\N=C(/C)c1cccc(/C(C=C)=C/N(C)C)c1)OC1CCCCC1O.CCC. The maximum atomic E-state index is 10.5. The summed E-state index contributed by atoms with van der Waals surface area (Å²) in [4.78, 5) is 6.88. The van der Waals surface area contributed by atoms with Gasteiger partial charge in [0.1, 0.15) is 6.10 Å². The van der Waals surface area contributed by atoms with Crippen molar-refractivity contribution in [3.8, 4) is 0 Å². The number of benzene rings is 1. The average molecular weight is 491 g/mol. The third-order valence-corrected chi connectivity index (χ3v) is 5.58. The van der Waals surface area contributed by atoms with Gasteiger partial charge in [0, 0.05) is 31.6 Å². The molecule has 0 amide bonds. The topological polar surface area (TPSA) is 45.1 Å². The van der Waals surface area contributed by atoms with Gasteiger partial charge in [-0.3, -0.25) is 0 Å². The molecule has 2 unspecified atom stereocenters. The summed E-state index contributed by atoms with van der Waals surface area (Å²) in [6, 6.07) is 8.19. The van der Waals surface area contributed by atoms with Crippen LogP contribution in [0.3, 0.4) is 0 Å². The van der Waals surface area contributed by atoms with Gasteiger partial charge in [0.25, 0.3) is 0 Å². The molecular weight excluding hydrogens is 444 g/mol. The molecule has 4 heteroatoms. The third-order valence-electron chi connectivity index (χ3n) is 5.58. The van der Waals surface area contributed by atoms with E-state index in [2.05, 4.69) is 45.7 Å². The Kier molecular flexibility index (Phi) is 14.2. The van der Waals surface area contributed by atoms with Gasteiger partial charge >= 0.3 is 0 Å². The number of aliphatic hydroxyl groups is 1. The van der Waals surface area contributed by atoms with E-state index in [0.29, 0.717) is 5.88 Å². The van der Waals surface area contributed by atoms with Crippen LogP contribution in [0.25, 0.3) is 5.57 Å². The van der Waals surface area contributed by atoms with Crippen molar-refractivity contribution in [1.82, 2.24) is 4.90 Å². The highest BCUT2D eigenvalue weighted by Gasteiger charge is 2.26. The molecule has 2 rings (SSSR count). The first-order valence-electron chi connectivity index (χ1n) is 12.9. The van der Waals surface area contributed by atoms with E-state index in [9.17, 15) is 5.11 Å². The lowest BCUT2D eigenvalue weighted by atomic mass is 9.95. The molecule has 196 valence electrons. The van der Waals surface area contributed by atoms with Crippen molar-refractivity contribution < 1.29 is 9.84 Å². The molecule has 1 aliphatic rings. The highest BCUT2D eigenvalue weighted by atomic mass is 16.5.